The number of amides is 1. The largest absolute Gasteiger partial charge is 0.478 e. The van der Waals surface area contributed by atoms with Crippen LogP contribution in [-0.4, -0.2) is 28.0 Å². The molecule has 148 valence electrons. The van der Waals surface area contributed by atoms with Crippen LogP contribution >= 0.6 is 22.9 Å². The maximum absolute atomic E-state index is 13.9. The minimum absolute atomic E-state index is 0.0121. The van der Waals surface area contributed by atoms with Gasteiger partial charge in [0.05, 0.1) is 11.9 Å². The molecule has 1 atom stereocenters. The summed E-state index contributed by atoms with van der Waals surface area (Å²) in [5.41, 5.74) is 3.66. The summed E-state index contributed by atoms with van der Waals surface area (Å²) in [4.78, 5) is 24.4. The molecule has 6 nitrogen and oxygen atoms in total. The molecular formula is C19H12ClF2N3O3S. The molecule has 0 saturated heterocycles. The summed E-state index contributed by atoms with van der Waals surface area (Å²) >= 11 is 6.93. The highest BCUT2D eigenvalue weighted by Crippen LogP contribution is 2.36. The van der Waals surface area contributed by atoms with Crippen molar-refractivity contribution >= 4 is 39.8 Å². The van der Waals surface area contributed by atoms with Crippen molar-refractivity contribution in [2.45, 2.75) is 6.04 Å². The van der Waals surface area contributed by atoms with Crippen molar-refractivity contribution in [1.29, 1.82) is 0 Å². The molecule has 1 aromatic heterocycles. The molecule has 1 aromatic carbocycles. The predicted molar refractivity (Wildman–Crippen MR) is 106 cm³/mol. The van der Waals surface area contributed by atoms with E-state index in [2.05, 4.69) is 10.7 Å². The maximum atomic E-state index is 13.9. The summed E-state index contributed by atoms with van der Waals surface area (Å²) in [7, 11) is 0. The monoisotopic (exact) mass is 435 g/mol. The SMILES string of the molecule is O=C(O)c1c(-c2ccc(Cl)cc2)csc1NC(=O)C1C=C2C(F)=CC(F)=CN2N1. The molecule has 2 aliphatic heterocycles. The minimum Gasteiger partial charge on any atom is -0.478 e. The normalized spacial score (nSPS) is 18.0. The first-order valence-corrected chi connectivity index (χ1v) is 9.53. The Balaban J connectivity index is 1.59. The van der Waals surface area contributed by atoms with Crippen LogP contribution in [0, 0.1) is 0 Å². The lowest BCUT2D eigenvalue weighted by molar-refractivity contribution is -0.117. The van der Waals surface area contributed by atoms with Gasteiger partial charge in [-0.15, -0.1) is 11.3 Å². The van der Waals surface area contributed by atoms with Crippen molar-refractivity contribution < 1.29 is 23.5 Å². The number of rotatable bonds is 4. The van der Waals surface area contributed by atoms with Crippen LogP contribution in [-0.2, 0) is 4.79 Å². The third kappa shape index (κ3) is 3.67. The first kappa shape index (κ1) is 19.3. The average molecular weight is 436 g/mol. The van der Waals surface area contributed by atoms with Crippen LogP contribution in [0.4, 0.5) is 13.8 Å². The van der Waals surface area contributed by atoms with Crippen LogP contribution in [0.25, 0.3) is 11.1 Å². The number of carbonyl (C=O) groups excluding carboxylic acids is 1. The number of carboxylic acids is 1. The van der Waals surface area contributed by atoms with E-state index in [0.29, 0.717) is 22.2 Å². The fourth-order valence-electron chi connectivity index (χ4n) is 2.98. The molecule has 0 aliphatic carbocycles. The van der Waals surface area contributed by atoms with Gasteiger partial charge in [0, 0.05) is 22.0 Å². The molecule has 2 aliphatic rings. The van der Waals surface area contributed by atoms with Crippen molar-refractivity contribution in [3.05, 3.63) is 75.9 Å². The molecule has 0 bridgehead atoms. The van der Waals surface area contributed by atoms with Gasteiger partial charge >= 0.3 is 5.97 Å². The summed E-state index contributed by atoms with van der Waals surface area (Å²) in [5, 5.41) is 15.5. The number of aromatic carboxylic acids is 1. The zero-order chi connectivity index (χ0) is 20.7. The zero-order valence-corrected chi connectivity index (χ0v) is 16.0. The van der Waals surface area contributed by atoms with E-state index in [1.807, 2.05) is 0 Å². The molecule has 4 rings (SSSR count). The molecule has 3 heterocycles. The van der Waals surface area contributed by atoms with E-state index in [9.17, 15) is 23.5 Å². The van der Waals surface area contributed by atoms with Crippen LogP contribution in [0.5, 0.6) is 0 Å². The fraction of sp³-hybridized carbons (Fsp3) is 0.0526. The van der Waals surface area contributed by atoms with Gasteiger partial charge in [0.25, 0.3) is 0 Å². The lowest BCUT2D eigenvalue weighted by atomic mass is 10.0. The second-order valence-electron chi connectivity index (χ2n) is 6.19. The van der Waals surface area contributed by atoms with Gasteiger partial charge in [-0.25, -0.2) is 19.0 Å². The van der Waals surface area contributed by atoms with E-state index in [-0.39, 0.29) is 16.3 Å². The molecule has 0 radical (unpaired) electrons. The van der Waals surface area contributed by atoms with E-state index >= 15 is 0 Å². The van der Waals surface area contributed by atoms with Crippen LogP contribution < -0.4 is 10.7 Å². The summed E-state index contributed by atoms with van der Waals surface area (Å²) in [6.07, 6.45) is 3.01. The van der Waals surface area contributed by atoms with Crippen molar-refractivity contribution in [1.82, 2.24) is 10.4 Å². The average Bonchev–Trinajstić information content (AvgIpc) is 3.27. The van der Waals surface area contributed by atoms with E-state index in [4.69, 9.17) is 11.6 Å². The topological polar surface area (TPSA) is 81.7 Å². The molecule has 0 spiro atoms. The number of benzene rings is 1. The number of fused-ring (bicyclic) bond motifs is 1. The number of thiophene rings is 1. The maximum Gasteiger partial charge on any atom is 0.339 e. The highest BCUT2D eigenvalue weighted by molar-refractivity contribution is 7.15. The van der Waals surface area contributed by atoms with Crippen LogP contribution in [0.1, 0.15) is 10.4 Å². The summed E-state index contributed by atoms with van der Waals surface area (Å²) in [6, 6.07) is 5.63. The third-order valence-corrected chi connectivity index (χ3v) is 5.45. The number of hydrogen-bond donors (Lipinski definition) is 3. The predicted octanol–water partition coefficient (Wildman–Crippen LogP) is 4.46. The second-order valence-corrected chi connectivity index (χ2v) is 7.51. The molecule has 1 amide bonds. The fourth-order valence-corrected chi connectivity index (χ4v) is 4.07. The highest BCUT2D eigenvalue weighted by Gasteiger charge is 2.32. The smallest absolute Gasteiger partial charge is 0.339 e. The quantitative estimate of drug-likeness (QED) is 0.660. The van der Waals surface area contributed by atoms with Crippen molar-refractivity contribution in [2.75, 3.05) is 5.32 Å². The van der Waals surface area contributed by atoms with Gasteiger partial charge in [-0.05, 0) is 23.8 Å². The van der Waals surface area contributed by atoms with E-state index in [0.717, 1.165) is 22.5 Å². The minimum atomic E-state index is -1.21. The lowest BCUT2D eigenvalue weighted by Crippen LogP contribution is -2.41. The molecular weight excluding hydrogens is 424 g/mol. The number of carboxylic acid groups (broad SMARTS) is 1. The number of hydrogen-bond acceptors (Lipinski definition) is 5. The number of hydrazine groups is 1. The molecule has 1 unspecified atom stereocenters. The van der Waals surface area contributed by atoms with Crippen LogP contribution in [0.3, 0.4) is 0 Å². The molecule has 0 fully saturated rings. The summed E-state index contributed by atoms with van der Waals surface area (Å²) in [5.74, 6) is -3.44. The Morgan fingerprint density at radius 1 is 1.24 bits per heavy atom. The Morgan fingerprint density at radius 3 is 2.66 bits per heavy atom. The standard InChI is InChI=1S/C19H12ClF2N3O3S/c20-10-3-1-9(2-4-10)12-8-29-18(16(12)19(27)28)23-17(26)14-6-15-13(22)5-11(21)7-25(15)24-14/h1-8,14,24H,(H,23,26)(H,27,28). The Hall–Kier alpha value is -3.01. The highest BCUT2D eigenvalue weighted by atomic mass is 35.5. The van der Waals surface area contributed by atoms with E-state index < -0.39 is 29.6 Å². The molecule has 2 aromatic rings. The van der Waals surface area contributed by atoms with Gasteiger partial charge < -0.3 is 10.4 Å². The molecule has 0 saturated carbocycles. The van der Waals surface area contributed by atoms with Gasteiger partial charge in [-0.1, -0.05) is 23.7 Å². The number of nitrogens with zero attached hydrogens (tertiary/aromatic N) is 1. The number of anilines is 1. The van der Waals surface area contributed by atoms with E-state index in [1.54, 1.807) is 29.6 Å². The summed E-state index contributed by atoms with van der Waals surface area (Å²) in [6.45, 7) is 0. The second kappa shape index (κ2) is 7.43. The number of carbonyl (C=O) groups is 2. The van der Waals surface area contributed by atoms with Crippen LogP contribution in [0.15, 0.2) is 65.3 Å². The van der Waals surface area contributed by atoms with Gasteiger partial charge in [-0.3, -0.25) is 9.80 Å². The van der Waals surface area contributed by atoms with Crippen molar-refractivity contribution in [3.63, 3.8) is 0 Å². The molecule has 10 heteroatoms. The summed E-state index contributed by atoms with van der Waals surface area (Å²) < 4.78 is 27.2. The first-order valence-electron chi connectivity index (χ1n) is 8.27. The first-order chi connectivity index (χ1) is 13.8. The Kier molecular flexibility index (Phi) is 4.95. The third-order valence-electron chi connectivity index (χ3n) is 4.30. The van der Waals surface area contributed by atoms with Gasteiger partial charge in [0.2, 0.25) is 5.91 Å². The Morgan fingerprint density at radius 2 is 1.97 bits per heavy atom. The lowest BCUT2D eigenvalue weighted by Gasteiger charge is -2.21. The number of allylic oxidation sites excluding steroid dienone is 3. The Bertz CT molecular complexity index is 1110. The van der Waals surface area contributed by atoms with Crippen molar-refractivity contribution in [2.24, 2.45) is 0 Å². The zero-order valence-electron chi connectivity index (χ0n) is 14.4. The van der Waals surface area contributed by atoms with Gasteiger partial charge in [0.15, 0.2) is 5.83 Å². The van der Waals surface area contributed by atoms with Crippen molar-refractivity contribution in [3.8, 4) is 11.1 Å². The molecule has 3 N–H and O–H groups in total. The number of nitrogens with one attached hydrogen (secondary N) is 2. The van der Waals surface area contributed by atoms with E-state index in [1.165, 1.54) is 6.08 Å². The van der Waals surface area contributed by atoms with Gasteiger partial charge in [0.1, 0.15) is 22.4 Å². The van der Waals surface area contributed by atoms with Crippen LogP contribution in [0.2, 0.25) is 5.02 Å². The Labute approximate surface area is 172 Å². The number of halogens is 3. The van der Waals surface area contributed by atoms with Gasteiger partial charge in [-0.2, -0.15) is 0 Å². The molecule has 29 heavy (non-hydrogen) atoms.